The molecule has 0 aliphatic carbocycles. The van der Waals surface area contributed by atoms with E-state index >= 15 is 0 Å². The average Bonchev–Trinajstić information content (AvgIpc) is 3.20. The lowest BCUT2D eigenvalue weighted by atomic mass is 9.95. The number of likely N-dealkylation sites (tertiary alicyclic amines) is 1. The van der Waals surface area contributed by atoms with Crippen LogP contribution in [0.4, 0.5) is 0 Å². The second kappa shape index (κ2) is 9.40. The number of carbonyl (C=O) groups is 2. The molecule has 27 heavy (non-hydrogen) atoms. The third-order valence-corrected chi connectivity index (χ3v) is 5.07. The molecular weight excluding hydrogens is 340 g/mol. The molecule has 0 saturated carbocycles. The van der Waals surface area contributed by atoms with Crippen molar-refractivity contribution in [3.8, 4) is 11.3 Å². The summed E-state index contributed by atoms with van der Waals surface area (Å²) in [5.41, 5.74) is 1.04. The second-order valence-electron chi connectivity index (χ2n) is 7.08. The molecule has 144 valence electrons. The third kappa shape index (κ3) is 5.22. The number of carbonyl (C=O) groups excluding carboxylic acids is 2. The molecule has 1 aliphatic heterocycles. The van der Waals surface area contributed by atoms with Crippen molar-refractivity contribution < 1.29 is 14.0 Å². The summed E-state index contributed by atoms with van der Waals surface area (Å²) < 4.78 is 5.87. The zero-order valence-electron chi connectivity index (χ0n) is 15.9. The van der Waals surface area contributed by atoms with Crippen LogP contribution in [0.5, 0.6) is 0 Å². The van der Waals surface area contributed by atoms with Gasteiger partial charge in [0.1, 0.15) is 11.5 Å². The molecule has 2 amide bonds. The number of benzene rings is 1. The normalized spacial score (nSPS) is 14.9. The number of aryl methyl sites for hydroxylation is 1. The van der Waals surface area contributed by atoms with E-state index in [-0.39, 0.29) is 17.7 Å². The minimum Gasteiger partial charge on any atom is -0.461 e. The van der Waals surface area contributed by atoms with Crippen LogP contribution in [0.3, 0.4) is 0 Å². The molecular formula is C22H28N2O3. The van der Waals surface area contributed by atoms with Crippen LogP contribution in [0, 0.1) is 5.92 Å². The fourth-order valence-corrected chi connectivity index (χ4v) is 3.44. The Morgan fingerprint density at radius 2 is 1.85 bits per heavy atom. The molecule has 1 aromatic heterocycles. The van der Waals surface area contributed by atoms with E-state index in [0.29, 0.717) is 25.9 Å². The highest BCUT2D eigenvalue weighted by Gasteiger charge is 2.26. The first-order valence-electron chi connectivity index (χ1n) is 9.87. The Kier molecular flexibility index (Phi) is 6.69. The number of hydrogen-bond acceptors (Lipinski definition) is 3. The molecule has 0 radical (unpaired) electrons. The van der Waals surface area contributed by atoms with E-state index in [1.54, 1.807) is 0 Å². The Morgan fingerprint density at radius 3 is 2.56 bits per heavy atom. The zero-order valence-corrected chi connectivity index (χ0v) is 15.9. The summed E-state index contributed by atoms with van der Waals surface area (Å²) in [6, 6.07) is 13.8. The predicted octanol–water partition coefficient (Wildman–Crippen LogP) is 3.64. The summed E-state index contributed by atoms with van der Waals surface area (Å²) in [7, 11) is 0. The van der Waals surface area contributed by atoms with Gasteiger partial charge in [0, 0.05) is 44.0 Å². The van der Waals surface area contributed by atoms with E-state index in [1.807, 2.05) is 54.3 Å². The van der Waals surface area contributed by atoms with Crippen LogP contribution in [0.15, 0.2) is 46.9 Å². The molecule has 1 saturated heterocycles. The molecule has 2 aromatic rings. The molecule has 0 unspecified atom stereocenters. The van der Waals surface area contributed by atoms with Crippen LogP contribution < -0.4 is 5.32 Å². The molecule has 1 N–H and O–H groups in total. The average molecular weight is 368 g/mol. The lowest BCUT2D eigenvalue weighted by molar-refractivity contribution is -0.135. The van der Waals surface area contributed by atoms with Crippen molar-refractivity contribution in [1.82, 2.24) is 10.2 Å². The van der Waals surface area contributed by atoms with Gasteiger partial charge in [-0.2, -0.15) is 0 Å². The Bertz CT molecular complexity index is 746. The zero-order chi connectivity index (χ0) is 19.1. The van der Waals surface area contributed by atoms with Gasteiger partial charge in [-0.3, -0.25) is 9.59 Å². The number of piperidine rings is 1. The van der Waals surface area contributed by atoms with E-state index in [4.69, 9.17) is 4.42 Å². The minimum atomic E-state index is 0.0408. The first-order valence-corrected chi connectivity index (χ1v) is 9.87. The van der Waals surface area contributed by atoms with Gasteiger partial charge < -0.3 is 14.6 Å². The van der Waals surface area contributed by atoms with Crippen LogP contribution in [-0.2, 0) is 16.0 Å². The van der Waals surface area contributed by atoms with Crippen LogP contribution in [-0.4, -0.2) is 36.3 Å². The fourth-order valence-electron chi connectivity index (χ4n) is 3.44. The summed E-state index contributed by atoms with van der Waals surface area (Å²) in [5.74, 6) is 1.97. The molecule has 2 heterocycles. The molecule has 3 rings (SSSR count). The van der Waals surface area contributed by atoms with Crippen molar-refractivity contribution in [1.29, 1.82) is 0 Å². The molecule has 1 aromatic carbocycles. The number of rotatable bonds is 7. The van der Waals surface area contributed by atoms with Crippen molar-refractivity contribution in [2.75, 3.05) is 19.6 Å². The highest BCUT2D eigenvalue weighted by Crippen LogP contribution is 2.23. The molecule has 0 atom stereocenters. The quantitative estimate of drug-likeness (QED) is 0.811. The van der Waals surface area contributed by atoms with Gasteiger partial charge in [-0.15, -0.1) is 0 Å². The number of hydrogen-bond donors (Lipinski definition) is 1. The maximum absolute atomic E-state index is 12.5. The van der Waals surface area contributed by atoms with Gasteiger partial charge in [-0.1, -0.05) is 37.3 Å². The van der Waals surface area contributed by atoms with Crippen LogP contribution in [0.25, 0.3) is 11.3 Å². The summed E-state index contributed by atoms with van der Waals surface area (Å²) >= 11 is 0. The minimum absolute atomic E-state index is 0.0408. The monoisotopic (exact) mass is 368 g/mol. The predicted molar refractivity (Wildman–Crippen MR) is 105 cm³/mol. The lowest BCUT2D eigenvalue weighted by Gasteiger charge is -2.31. The standard InChI is InChI=1S/C22H28N2O3/c1-2-14-23-22(26)18-12-15-24(16-13-18)21(25)11-9-19-8-10-20(27-19)17-6-4-3-5-7-17/h3-8,10,18H,2,9,11-16H2,1H3,(H,23,26). The van der Waals surface area contributed by atoms with Crippen molar-refractivity contribution in [3.05, 3.63) is 48.2 Å². The summed E-state index contributed by atoms with van der Waals surface area (Å²) in [6.45, 7) is 4.10. The van der Waals surface area contributed by atoms with E-state index in [9.17, 15) is 9.59 Å². The van der Waals surface area contributed by atoms with Gasteiger partial charge in [0.05, 0.1) is 0 Å². The smallest absolute Gasteiger partial charge is 0.223 e. The topological polar surface area (TPSA) is 62.6 Å². The molecule has 1 fully saturated rings. The molecule has 0 spiro atoms. The van der Waals surface area contributed by atoms with Crippen molar-refractivity contribution >= 4 is 11.8 Å². The number of amides is 2. The molecule has 5 nitrogen and oxygen atoms in total. The van der Waals surface area contributed by atoms with Gasteiger partial charge in [0.15, 0.2) is 0 Å². The van der Waals surface area contributed by atoms with E-state index in [2.05, 4.69) is 5.32 Å². The van der Waals surface area contributed by atoms with Gasteiger partial charge in [0.25, 0.3) is 0 Å². The van der Waals surface area contributed by atoms with Gasteiger partial charge >= 0.3 is 0 Å². The van der Waals surface area contributed by atoms with Crippen molar-refractivity contribution in [2.24, 2.45) is 5.92 Å². The highest BCUT2D eigenvalue weighted by atomic mass is 16.3. The van der Waals surface area contributed by atoms with Crippen LogP contribution in [0.2, 0.25) is 0 Å². The van der Waals surface area contributed by atoms with Crippen LogP contribution in [0.1, 0.15) is 38.4 Å². The first-order chi connectivity index (χ1) is 13.2. The Labute approximate surface area is 160 Å². The maximum atomic E-state index is 12.5. The highest BCUT2D eigenvalue weighted by molar-refractivity contribution is 5.80. The second-order valence-corrected chi connectivity index (χ2v) is 7.08. The van der Waals surface area contributed by atoms with Gasteiger partial charge in [-0.05, 0) is 31.4 Å². The van der Waals surface area contributed by atoms with Gasteiger partial charge in [0.2, 0.25) is 11.8 Å². The summed E-state index contributed by atoms with van der Waals surface area (Å²) in [4.78, 5) is 26.4. The third-order valence-electron chi connectivity index (χ3n) is 5.07. The Balaban J connectivity index is 1.44. The van der Waals surface area contributed by atoms with E-state index in [0.717, 1.165) is 42.9 Å². The summed E-state index contributed by atoms with van der Waals surface area (Å²) in [5, 5.41) is 2.95. The number of nitrogens with zero attached hydrogens (tertiary/aromatic N) is 1. The Hall–Kier alpha value is -2.56. The number of nitrogens with one attached hydrogen (secondary N) is 1. The fraction of sp³-hybridized carbons (Fsp3) is 0.455. The van der Waals surface area contributed by atoms with Crippen molar-refractivity contribution in [2.45, 2.75) is 39.0 Å². The van der Waals surface area contributed by atoms with Gasteiger partial charge in [-0.25, -0.2) is 0 Å². The van der Waals surface area contributed by atoms with Crippen molar-refractivity contribution in [3.63, 3.8) is 0 Å². The maximum Gasteiger partial charge on any atom is 0.223 e. The number of furan rings is 1. The largest absolute Gasteiger partial charge is 0.461 e. The SMILES string of the molecule is CCCNC(=O)C1CCN(C(=O)CCc2ccc(-c3ccccc3)o2)CC1. The first kappa shape index (κ1) is 19.2. The lowest BCUT2D eigenvalue weighted by Crippen LogP contribution is -2.43. The molecule has 1 aliphatic rings. The van der Waals surface area contributed by atoms with E-state index in [1.165, 1.54) is 0 Å². The van der Waals surface area contributed by atoms with Crippen LogP contribution >= 0.6 is 0 Å². The van der Waals surface area contributed by atoms with E-state index < -0.39 is 0 Å². The Morgan fingerprint density at radius 1 is 1.11 bits per heavy atom. The summed E-state index contributed by atoms with van der Waals surface area (Å²) in [6.07, 6.45) is 3.49. The molecule has 0 bridgehead atoms. The molecule has 5 heteroatoms.